The number of rotatable bonds is 33. The first-order valence-corrected chi connectivity index (χ1v) is 17.2. The topological polar surface area (TPSA) is 251 Å². The van der Waals surface area contributed by atoms with Gasteiger partial charge in [0.15, 0.2) is 0 Å². The van der Waals surface area contributed by atoms with E-state index in [0.29, 0.717) is 25.3 Å². The molecule has 0 aliphatic heterocycles. The smallest absolute Gasteiger partial charge is 0.335 e. The summed E-state index contributed by atoms with van der Waals surface area (Å²) in [6.45, 7) is 1.68. The summed E-state index contributed by atoms with van der Waals surface area (Å²) >= 11 is 0. The van der Waals surface area contributed by atoms with Crippen LogP contribution in [0, 0.1) is 0 Å². The Hall–Kier alpha value is -4.32. The zero-order valence-electron chi connectivity index (χ0n) is 29.2. The van der Waals surface area contributed by atoms with Crippen molar-refractivity contribution >= 4 is 35.6 Å². The number of carboxylic acid groups (broad SMARTS) is 2. The van der Waals surface area contributed by atoms with Crippen LogP contribution < -0.4 is 26.4 Å². The number of ether oxygens (including phenoxy) is 5. The lowest BCUT2D eigenvalue weighted by molar-refractivity contribution is -0.143. The Bertz CT molecular complexity index is 1170. The molecule has 0 fully saturated rings. The average molecular weight is 727 g/mol. The SMILES string of the molecule is NC(=O)COCCOCCNC(=O)CC[C@H](NC(=O)COCCOCCNC(=O)CCCCCCCCCOc1ccc(C(=O)O)cc1)C(=O)O. The molecule has 0 unspecified atom stereocenters. The molecule has 1 aromatic rings. The summed E-state index contributed by atoms with van der Waals surface area (Å²) in [7, 11) is 0. The Morgan fingerprint density at radius 1 is 0.608 bits per heavy atom. The Kier molecular flexibility index (Phi) is 25.8. The molecule has 0 radical (unpaired) electrons. The van der Waals surface area contributed by atoms with Crippen LogP contribution in [-0.4, -0.2) is 124 Å². The van der Waals surface area contributed by atoms with Crippen LogP contribution in [0.25, 0.3) is 0 Å². The molecule has 17 heteroatoms. The zero-order chi connectivity index (χ0) is 37.5. The maximum absolute atomic E-state index is 12.1. The molecule has 288 valence electrons. The number of benzene rings is 1. The van der Waals surface area contributed by atoms with Gasteiger partial charge < -0.3 is 55.6 Å². The molecule has 0 saturated heterocycles. The molecular formula is C34H54N4O13. The van der Waals surface area contributed by atoms with E-state index in [4.69, 9.17) is 34.5 Å². The van der Waals surface area contributed by atoms with Gasteiger partial charge in [0, 0.05) is 25.9 Å². The van der Waals surface area contributed by atoms with Crippen LogP contribution in [0.1, 0.15) is 74.6 Å². The second kappa shape index (κ2) is 29.4. The number of carbonyl (C=O) groups is 6. The molecule has 7 N–H and O–H groups in total. The molecule has 17 nitrogen and oxygen atoms in total. The molecule has 1 aromatic carbocycles. The molecule has 0 aliphatic carbocycles. The maximum atomic E-state index is 12.1. The summed E-state index contributed by atoms with van der Waals surface area (Å²) in [5.41, 5.74) is 5.16. The van der Waals surface area contributed by atoms with Gasteiger partial charge in [-0.25, -0.2) is 9.59 Å². The third-order valence-electron chi connectivity index (χ3n) is 7.07. The van der Waals surface area contributed by atoms with Crippen molar-refractivity contribution in [3.63, 3.8) is 0 Å². The number of nitrogens with two attached hydrogens (primary N) is 1. The summed E-state index contributed by atoms with van der Waals surface area (Å²) in [5.74, 6) is -3.25. The van der Waals surface area contributed by atoms with E-state index in [-0.39, 0.29) is 83.7 Å². The fraction of sp³-hybridized carbons (Fsp3) is 0.647. The van der Waals surface area contributed by atoms with Gasteiger partial charge in [0.05, 0.1) is 51.8 Å². The Morgan fingerprint density at radius 3 is 1.71 bits per heavy atom. The third-order valence-corrected chi connectivity index (χ3v) is 7.07. The van der Waals surface area contributed by atoms with E-state index >= 15 is 0 Å². The number of carbonyl (C=O) groups excluding carboxylic acids is 4. The van der Waals surface area contributed by atoms with Crippen molar-refractivity contribution in [2.45, 2.75) is 70.3 Å². The van der Waals surface area contributed by atoms with Crippen LogP contribution >= 0.6 is 0 Å². The van der Waals surface area contributed by atoms with Crippen molar-refractivity contribution in [3.05, 3.63) is 29.8 Å². The fourth-order valence-corrected chi connectivity index (χ4v) is 4.40. The predicted molar refractivity (Wildman–Crippen MR) is 183 cm³/mol. The van der Waals surface area contributed by atoms with Crippen LogP contribution in [0.3, 0.4) is 0 Å². The van der Waals surface area contributed by atoms with Crippen LogP contribution in [-0.2, 0) is 42.9 Å². The van der Waals surface area contributed by atoms with E-state index in [2.05, 4.69) is 16.0 Å². The highest BCUT2D eigenvalue weighted by atomic mass is 16.5. The van der Waals surface area contributed by atoms with E-state index < -0.39 is 35.7 Å². The number of hydrogen-bond acceptors (Lipinski definition) is 11. The van der Waals surface area contributed by atoms with E-state index in [1.54, 1.807) is 12.1 Å². The number of aliphatic carboxylic acids is 1. The zero-order valence-corrected chi connectivity index (χ0v) is 29.2. The summed E-state index contributed by atoms with van der Waals surface area (Å²) in [4.78, 5) is 68.9. The Balaban J connectivity index is 1.93. The molecular weight excluding hydrogens is 672 g/mol. The molecule has 51 heavy (non-hydrogen) atoms. The molecule has 1 rings (SSSR count). The van der Waals surface area contributed by atoms with Crippen LogP contribution in [0.2, 0.25) is 0 Å². The minimum Gasteiger partial charge on any atom is -0.494 e. The van der Waals surface area contributed by atoms with Gasteiger partial charge in [-0.05, 0) is 43.5 Å². The normalized spacial score (nSPS) is 11.4. The molecule has 0 spiro atoms. The van der Waals surface area contributed by atoms with Gasteiger partial charge >= 0.3 is 11.9 Å². The molecule has 1 atom stereocenters. The lowest BCUT2D eigenvalue weighted by Crippen LogP contribution is -2.43. The minimum absolute atomic E-state index is 0.0414. The van der Waals surface area contributed by atoms with Gasteiger partial charge in [-0.2, -0.15) is 0 Å². The largest absolute Gasteiger partial charge is 0.494 e. The van der Waals surface area contributed by atoms with Crippen LogP contribution in [0.4, 0.5) is 0 Å². The first-order chi connectivity index (χ1) is 24.6. The van der Waals surface area contributed by atoms with Crippen molar-refractivity contribution in [3.8, 4) is 5.75 Å². The minimum atomic E-state index is -1.28. The van der Waals surface area contributed by atoms with Crippen molar-refractivity contribution in [2.75, 3.05) is 72.6 Å². The molecule has 0 saturated carbocycles. The Morgan fingerprint density at radius 2 is 1.14 bits per heavy atom. The number of nitrogens with one attached hydrogen (secondary N) is 3. The van der Waals surface area contributed by atoms with Crippen molar-refractivity contribution in [1.29, 1.82) is 0 Å². The van der Waals surface area contributed by atoms with Crippen molar-refractivity contribution < 1.29 is 62.7 Å². The summed E-state index contributed by atoms with van der Waals surface area (Å²) in [5, 5.41) is 26.0. The fourth-order valence-electron chi connectivity index (χ4n) is 4.40. The third kappa shape index (κ3) is 26.2. The second-order valence-corrected chi connectivity index (χ2v) is 11.4. The number of aromatic carboxylic acids is 1. The Labute approximate surface area is 298 Å². The number of hydrogen-bond donors (Lipinski definition) is 6. The molecule has 0 bridgehead atoms. The van der Waals surface area contributed by atoms with Gasteiger partial charge in [-0.1, -0.05) is 32.1 Å². The quantitative estimate of drug-likeness (QED) is 0.0554. The maximum Gasteiger partial charge on any atom is 0.335 e. The molecule has 0 heterocycles. The number of unbranched alkanes of at least 4 members (excludes halogenated alkanes) is 6. The number of amides is 4. The van der Waals surface area contributed by atoms with Gasteiger partial charge in [0.1, 0.15) is 25.0 Å². The summed E-state index contributed by atoms with van der Waals surface area (Å²) in [6, 6.07) is 5.10. The average Bonchev–Trinajstić information content (AvgIpc) is 3.09. The van der Waals surface area contributed by atoms with E-state index in [1.165, 1.54) is 12.1 Å². The highest BCUT2D eigenvalue weighted by Crippen LogP contribution is 2.14. The first kappa shape index (κ1) is 44.7. The monoisotopic (exact) mass is 726 g/mol. The number of carboxylic acids is 2. The lowest BCUT2D eigenvalue weighted by atomic mass is 10.1. The second-order valence-electron chi connectivity index (χ2n) is 11.4. The van der Waals surface area contributed by atoms with Crippen LogP contribution in [0.15, 0.2) is 24.3 Å². The molecule has 0 aromatic heterocycles. The van der Waals surface area contributed by atoms with Gasteiger partial charge in [-0.3, -0.25) is 19.2 Å². The van der Waals surface area contributed by atoms with Crippen LogP contribution in [0.5, 0.6) is 5.75 Å². The summed E-state index contributed by atoms with van der Waals surface area (Å²) < 4.78 is 26.4. The highest BCUT2D eigenvalue weighted by molar-refractivity contribution is 5.87. The lowest BCUT2D eigenvalue weighted by Gasteiger charge is -2.14. The molecule has 0 aliphatic rings. The first-order valence-electron chi connectivity index (χ1n) is 17.2. The van der Waals surface area contributed by atoms with Gasteiger partial charge in [0.25, 0.3) is 0 Å². The van der Waals surface area contributed by atoms with E-state index in [9.17, 15) is 33.9 Å². The standard InChI is InChI=1S/C34H54N4O13/c35-29(39)24-49-22-20-47-19-16-37-31(41)14-13-28(34(45)46)38-32(42)25-50-23-21-48-18-15-36-30(40)8-6-4-2-1-3-5-7-17-51-27-11-9-26(10-12-27)33(43)44/h9-12,28H,1-8,13-25H2,(H2,35,39)(H,36,40)(H,37,41)(H,38,42)(H,43,44)(H,45,46)/t28-/m0/s1. The van der Waals surface area contributed by atoms with E-state index in [1.807, 2.05) is 0 Å². The predicted octanol–water partition coefficient (Wildman–Crippen LogP) is 1.02. The van der Waals surface area contributed by atoms with Crippen molar-refractivity contribution in [1.82, 2.24) is 16.0 Å². The highest BCUT2D eigenvalue weighted by Gasteiger charge is 2.21. The molecule has 4 amide bonds. The van der Waals surface area contributed by atoms with Crippen molar-refractivity contribution in [2.24, 2.45) is 5.73 Å². The number of primary amides is 1. The van der Waals surface area contributed by atoms with Gasteiger partial charge in [-0.15, -0.1) is 0 Å². The van der Waals surface area contributed by atoms with E-state index in [0.717, 1.165) is 44.9 Å². The van der Waals surface area contributed by atoms with Gasteiger partial charge in [0.2, 0.25) is 23.6 Å². The summed E-state index contributed by atoms with van der Waals surface area (Å²) in [6.07, 6.45) is 7.17.